The molecule has 0 radical (unpaired) electrons. The first kappa shape index (κ1) is 22.4. The van der Waals surface area contributed by atoms with E-state index < -0.39 is 17.6 Å². The molecule has 2 aliphatic carbocycles. The Balaban J connectivity index is 1.33. The Morgan fingerprint density at radius 2 is 1.91 bits per heavy atom. The number of alkyl halides is 3. The van der Waals surface area contributed by atoms with E-state index in [1.165, 1.54) is 58.2 Å². The summed E-state index contributed by atoms with van der Waals surface area (Å²) in [6.07, 6.45) is -0.921. The lowest BCUT2D eigenvalue weighted by Gasteiger charge is -2.40. The van der Waals surface area contributed by atoms with Gasteiger partial charge in [0.2, 0.25) is 5.91 Å². The van der Waals surface area contributed by atoms with Gasteiger partial charge in [-0.3, -0.25) is 14.2 Å². The maximum atomic E-state index is 13.3. The number of rotatable bonds is 4. The predicted molar refractivity (Wildman–Crippen MR) is 129 cm³/mol. The number of nitrogens with one attached hydrogen (secondary N) is 1. The Kier molecular flexibility index (Phi) is 5.46. The minimum Gasteiger partial charge on any atom is -0.324 e. The van der Waals surface area contributed by atoms with Gasteiger partial charge < -0.3 is 5.32 Å². The number of amides is 1. The molecule has 3 aliphatic rings. The molecule has 4 nitrogen and oxygen atoms in total. The van der Waals surface area contributed by atoms with Crippen LogP contribution in [0.2, 0.25) is 0 Å². The third kappa shape index (κ3) is 3.65. The molecule has 10 heteroatoms. The number of hydrogen-bond acceptors (Lipinski definition) is 5. The maximum Gasteiger partial charge on any atom is 0.418 e. The Bertz CT molecular complexity index is 1300. The van der Waals surface area contributed by atoms with Crippen LogP contribution < -0.4 is 10.2 Å². The van der Waals surface area contributed by atoms with Crippen molar-refractivity contribution in [2.45, 2.75) is 48.2 Å². The zero-order valence-corrected chi connectivity index (χ0v) is 20.3. The first-order chi connectivity index (χ1) is 16.3. The number of aromatic nitrogens is 1. The first-order valence-electron chi connectivity index (χ1n) is 11.2. The van der Waals surface area contributed by atoms with Crippen molar-refractivity contribution >= 4 is 46.0 Å². The maximum absolute atomic E-state index is 13.3. The number of hydrogen-bond donors (Lipinski definition) is 1. The van der Waals surface area contributed by atoms with Crippen molar-refractivity contribution in [1.82, 2.24) is 4.57 Å². The van der Waals surface area contributed by atoms with Crippen LogP contribution in [0.3, 0.4) is 0 Å². The minimum atomic E-state index is -4.58. The van der Waals surface area contributed by atoms with Crippen molar-refractivity contribution < 1.29 is 18.0 Å². The SMILES string of the molecule is O=C(Cn1c2c(sc1=O)C(c1cccs1)C1C3CCC(C3)C1S2)Nc1ccccc1C(F)(F)F. The summed E-state index contributed by atoms with van der Waals surface area (Å²) in [5.41, 5.74) is -1.20. The number of carbonyl (C=O) groups is 1. The van der Waals surface area contributed by atoms with Crippen LogP contribution in [0.4, 0.5) is 18.9 Å². The van der Waals surface area contributed by atoms with Gasteiger partial charge in [0.15, 0.2) is 0 Å². The molecular weight excluding hydrogens is 501 g/mol. The van der Waals surface area contributed by atoms with Gasteiger partial charge in [0.25, 0.3) is 0 Å². The largest absolute Gasteiger partial charge is 0.418 e. The number of nitrogens with zero attached hydrogens (tertiary/aromatic N) is 1. The number of para-hydroxylation sites is 1. The van der Waals surface area contributed by atoms with Crippen molar-refractivity contribution in [3.8, 4) is 0 Å². The highest BCUT2D eigenvalue weighted by Gasteiger charge is 2.55. The highest BCUT2D eigenvalue weighted by Crippen LogP contribution is 2.64. The van der Waals surface area contributed by atoms with Crippen molar-refractivity contribution in [3.05, 3.63) is 66.8 Å². The summed E-state index contributed by atoms with van der Waals surface area (Å²) in [6, 6.07) is 9.06. The monoisotopic (exact) mass is 522 g/mol. The van der Waals surface area contributed by atoms with Crippen LogP contribution in [0.5, 0.6) is 0 Å². The fourth-order valence-corrected chi connectivity index (χ4v) is 10.2. The normalized spacial score (nSPS) is 27.4. The number of halogens is 3. The van der Waals surface area contributed by atoms with Crippen molar-refractivity contribution in [2.75, 3.05) is 5.32 Å². The van der Waals surface area contributed by atoms with Gasteiger partial charge in [-0.05, 0) is 60.6 Å². The van der Waals surface area contributed by atoms with Gasteiger partial charge in [-0.15, -0.1) is 23.1 Å². The molecule has 1 amide bonds. The van der Waals surface area contributed by atoms with Gasteiger partial charge in [-0.2, -0.15) is 13.2 Å². The van der Waals surface area contributed by atoms with E-state index in [1.807, 2.05) is 6.07 Å². The molecule has 3 heterocycles. The Morgan fingerprint density at radius 1 is 1.12 bits per heavy atom. The zero-order chi connectivity index (χ0) is 23.6. The van der Waals surface area contributed by atoms with Gasteiger partial charge in [-0.25, -0.2) is 0 Å². The topological polar surface area (TPSA) is 51.1 Å². The Morgan fingerprint density at radius 3 is 2.68 bits per heavy atom. The summed E-state index contributed by atoms with van der Waals surface area (Å²) in [4.78, 5) is 27.9. The molecule has 0 spiro atoms. The van der Waals surface area contributed by atoms with Crippen molar-refractivity contribution in [3.63, 3.8) is 0 Å². The van der Waals surface area contributed by atoms with E-state index in [0.717, 1.165) is 16.0 Å². The highest BCUT2D eigenvalue weighted by atomic mass is 32.2. The fourth-order valence-electron chi connectivity index (χ4n) is 6.05. The number of benzene rings is 1. The third-order valence-electron chi connectivity index (χ3n) is 7.35. The van der Waals surface area contributed by atoms with Gasteiger partial charge in [0.05, 0.1) is 16.3 Å². The molecule has 2 saturated carbocycles. The van der Waals surface area contributed by atoms with E-state index in [9.17, 15) is 22.8 Å². The van der Waals surface area contributed by atoms with Gasteiger partial charge in [-0.1, -0.05) is 29.5 Å². The molecule has 2 aromatic heterocycles. The summed E-state index contributed by atoms with van der Waals surface area (Å²) >= 11 is 4.61. The summed E-state index contributed by atoms with van der Waals surface area (Å²) < 4.78 is 41.5. The quantitative estimate of drug-likeness (QED) is 0.439. The summed E-state index contributed by atoms with van der Waals surface area (Å²) in [6.45, 7) is -0.299. The van der Waals surface area contributed by atoms with Crippen LogP contribution in [0.15, 0.2) is 51.6 Å². The van der Waals surface area contributed by atoms with Gasteiger partial charge >= 0.3 is 11.0 Å². The lowest BCUT2D eigenvalue weighted by molar-refractivity contribution is -0.137. The molecule has 1 N–H and O–H groups in total. The van der Waals surface area contributed by atoms with Gasteiger partial charge in [0.1, 0.15) is 6.54 Å². The van der Waals surface area contributed by atoms with Crippen LogP contribution >= 0.6 is 34.4 Å². The van der Waals surface area contributed by atoms with Crippen LogP contribution in [-0.4, -0.2) is 15.7 Å². The number of fused-ring (bicyclic) bond motifs is 6. The van der Waals surface area contributed by atoms with Gasteiger partial charge in [0, 0.05) is 20.9 Å². The summed E-state index contributed by atoms with van der Waals surface area (Å²) in [7, 11) is 0. The molecule has 178 valence electrons. The Labute approximate surface area is 206 Å². The average Bonchev–Trinajstić information content (AvgIpc) is 3.58. The summed E-state index contributed by atoms with van der Waals surface area (Å²) in [5.74, 6) is 1.29. The molecule has 2 fully saturated rings. The van der Waals surface area contributed by atoms with Crippen LogP contribution in [0, 0.1) is 17.8 Å². The van der Waals surface area contributed by atoms with E-state index in [4.69, 9.17) is 0 Å². The second-order valence-electron chi connectivity index (χ2n) is 9.20. The smallest absolute Gasteiger partial charge is 0.324 e. The lowest BCUT2D eigenvalue weighted by Crippen LogP contribution is -2.34. The van der Waals surface area contributed by atoms with E-state index >= 15 is 0 Å². The van der Waals surface area contributed by atoms with E-state index in [-0.39, 0.29) is 23.0 Å². The number of anilines is 1. The number of carbonyl (C=O) groups excluding carboxylic acids is 1. The number of thiazole rings is 1. The molecule has 34 heavy (non-hydrogen) atoms. The lowest BCUT2D eigenvalue weighted by atomic mass is 9.77. The minimum absolute atomic E-state index is 0.157. The fraction of sp³-hybridized carbons (Fsp3) is 0.417. The number of thioether (sulfide) groups is 1. The van der Waals surface area contributed by atoms with E-state index in [2.05, 4.69) is 16.8 Å². The van der Waals surface area contributed by atoms with Crippen LogP contribution in [0.25, 0.3) is 0 Å². The molecule has 5 unspecified atom stereocenters. The summed E-state index contributed by atoms with van der Waals surface area (Å²) in [5, 5.41) is 5.67. The molecular formula is C24H21F3N2O2S3. The molecule has 5 atom stereocenters. The average molecular weight is 523 g/mol. The number of thiophene rings is 1. The molecule has 3 aromatic rings. The second kappa shape index (κ2) is 8.27. The van der Waals surface area contributed by atoms with Crippen molar-refractivity contribution in [1.29, 1.82) is 0 Å². The molecule has 0 saturated heterocycles. The predicted octanol–water partition coefficient (Wildman–Crippen LogP) is 6.28. The third-order valence-corrected chi connectivity index (χ3v) is 11.1. The highest BCUT2D eigenvalue weighted by molar-refractivity contribution is 8.00. The standard InChI is InChI=1S/C24H21F3N2O2S3/c25-24(26,27)14-4-1-2-5-15(14)28-17(30)11-29-22-21(34-23(29)31)19(16-6-3-9-32-16)18-12-7-8-13(10-12)20(18)33-22/h1-6,9,12-13,18-20H,7-8,10-11H2,(H,28,30). The molecule has 1 aromatic carbocycles. The van der Waals surface area contributed by atoms with E-state index in [0.29, 0.717) is 23.0 Å². The van der Waals surface area contributed by atoms with E-state index in [1.54, 1.807) is 23.1 Å². The zero-order valence-electron chi connectivity index (χ0n) is 17.9. The van der Waals surface area contributed by atoms with Crippen LogP contribution in [-0.2, 0) is 17.5 Å². The van der Waals surface area contributed by atoms with Crippen LogP contribution in [0.1, 0.15) is 40.5 Å². The molecule has 2 bridgehead atoms. The molecule has 6 rings (SSSR count). The Hall–Kier alpha value is -2.04. The second-order valence-corrected chi connectivity index (χ2v) is 12.3. The van der Waals surface area contributed by atoms with Crippen molar-refractivity contribution in [2.24, 2.45) is 17.8 Å². The first-order valence-corrected chi connectivity index (χ1v) is 13.8. The molecule has 1 aliphatic heterocycles.